The van der Waals surface area contributed by atoms with Gasteiger partial charge in [-0.05, 0) is 58.5 Å². The molecule has 0 fully saturated rings. The number of aryl methyl sites for hydroxylation is 1. The van der Waals surface area contributed by atoms with Crippen molar-refractivity contribution in [3.05, 3.63) is 45.4 Å². The SMILES string of the molecule is COc1cnc2c(c1)c(C(=O)Cl)c(Nc1ccc(I)cc1F)n2C. The molecule has 2 aromatic heterocycles. The van der Waals surface area contributed by atoms with E-state index < -0.39 is 11.1 Å². The van der Waals surface area contributed by atoms with Crippen LogP contribution in [-0.4, -0.2) is 21.9 Å². The summed E-state index contributed by atoms with van der Waals surface area (Å²) in [5, 5.41) is 2.81. The van der Waals surface area contributed by atoms with Gasteiger partial charge in [0.05, 0.1) is 24.6 Å². The quantitative estimate of drug-likeness (QED) is 0.463. The number of anilines is 2. The number of carbonyl (C=O) groups excluding carboxylic acids is 1. The third-order valence-corrected chi connectivity index (χ3v) is 4.48. The van der Waals surface area contributed by atoms with E-state index in [-0.39, 0.29) is 11.3 Å². The minimum atomic E-state index is -0.663. The Labute approximate surface area is 155 Å². The molecule has 0 radical (unpaired) electrons. The Morgan fingerprint density at radius 3 is 2.79 bits per heavy atom. The van der Waals surface area contributed by atoms with Crippen LogP contribution in [0.25, 0.3) is 11.0 Å². The summed E-state index contributed by atoms with van der Waals surface area (Å²) in [7, 11) is 3.23. The lowest BCUT2D eigenvalue weighted by Crippen LogP contribution is -2.03. The van der Waals surface area contributed by atoms with Crippen LogP contribution in [0.3, 0.4) is 0 Å². The number of pyridine rings is 1. The molecule has 0 spiro atoms. The van der Waals surface area contributed by atoms with E-state index in [0.717, 1.165) is 3.57 Å². The maximum absolute atomic E-state index is 14.1. The molecule has 0 aliphatic carbocycles. The monoisotopic (exact) mass is 459 g/mol. The summed E-state index contributed by atoms with van der Waals surface area (Å²) >= 11 is 7.80. The van der Waals surface area contributed by atoms with Gasteiger partial charge < -0.3 is 14.6 Å². The summed E-state index contributed by atoms with van der Waals surface area (Å²) < 4.78 is 21.7. The van der Waals surface area contributed by atoms with Gasteiger partial charge in [0.15, 0.2) is 0 Å². The van der Waals surface area contributed by atoms with Crippen molar-refractivity contribution >= 4 is 62.0 Å². The van der Waals surface area contributed by atoms with Crippen molar-refractivity contribution < 1.29 is 13.9 Å². The van der Waals surface area contributed by atoms with E-state index in [1.165, 1.54) is 13.2 Å². The van der Waals surface area contributed by atoms with Gasteiger partial charge in [0.2, 0.25) is 0 Å². The number of methoxy groups -OCH3 is 1. The fraction of sp³-hybridized carbons (Fsp3) is 0.125. The molecule has 0 aliphatic rings. The second kappa shape index (κ2) is 6.56. The van der Waals surface area contributed by atoms with E-state index in [4.69, 9.17) is 16.3 Å². The third-order valence-electron chi connectivity index (χ3n) is 3.62. The molecular weight excluding hydrogens is 448 g/mol. The van der Waals surface area contributed by atoms with Crippen molar-refractivity contribution in [1.82, 2.24) is 9.55 Å². The van der Waals surface area contributed by atoms with Crippen molar-refractivity contribution in [2.45, 2.75) is 0 Å². The zero-order valence-corrected chi connectivity index (χ0v) is 15.6. The highest BCUT2D eigenvalue weighted by atomic mass is 127. The fourth-order valence-electron chi connectivity index (χ4n) is 2.47. The lowest BCUT2D eigenvalue weighted by molar-refractivity contribution is 0.108. The lowest BCUT2D eigenvalue weighted by atomic mass is 10.2. The first-order chi connectivity index (χ1) is 11.4. The second-order valence-corrected chi connectivity index (χ2v) is 6.64. The predicted molar refractivity (Wildman–Crippen MR) is 99.8 cm³/mol. The van der Waals surface area contributed by atoms with Crippen molar-refractivity contribution in [1.29, 1.82) is 0 Å². The van der Waals surface area contributed by atoms with Crippen LogP contribution >= 0.6 is 34.2 Å². The number of halogens is 3. The van der Waals surface area contributed by atoms with Crippen molar-refractivity contribution in [3.63, 3.8) is 0 Å². The molecule has 0 saturated carbocycles. The molecular formula is C16H12ClFIN3O2. The minimum absolute atomic E-state index is 0.221. The fourth-order valence-corrected chi connectivity index (χ4v) is 3.11. The molecule has 8 heteroatoms. The van der Waals surface area contributed by atoms with Crippen LogP contribution in [0.1, 0.15) is 10.4 Å². The maximum atomic E-state index is 14.1. The number of benzene rings is 1. The van der Waals surface area contributed by atoms with Crippen LogP contribution in [0.15, 0.2) is 30.5 Å². The van der Waals surface area contributed by atoms with Crippen molar-refractivity contribution in [2.24, 2.45) is 7.05 Å². The summed E-state index contributed by atoms with van der Waals surface area (Å²) in [5.74, 6) is 0.441. The third kappa shape index (κ3) is 2.93. The Bertz CT molecular complexity index is 958. The van der Waals surface area contributed by atoms with Crippen LogP contribution in [0.5, 0.6) is 5.75 Å². The zero-order valence-electron chi connectivity index (χ0n) is 12.7. The number of fused-ring (bicyclic) bond motifs is 1. The Kier molecular flexibility index (Phi) is 4.64. The van der Waals surface area contributed by atoms with Crippen LogP contribution in [0.2, 0.25) is 0 Å². The molecule has 1 N–H and O–H groups in total. The minimum Gasteiger partial charge on any atom is -0.495 e. The van der Waals surface area contributed by atoms with Gasteiger partial charge in [0, 0.05) is 16.0 Å². The van der Waals surface area contributed by atoms with E-state index in [1.807, 2.05) is 22.6 Å². The van der Waals surface area contributed by atoms with E-state index in [1.54, 1.807) is 36.0 Å². The summed E-state index contributed by atoms with van der Waals surface area (Å²) in [5.41, 5.74) is 0.999. The van der Waals surface area contributed by atoms with E-state index in [2.05, 4.69) is 10.3 Å². The number of carbonyl (C=O) groups is 1. The maximum Gasteiger partial charge on any atom is 0.256 e. The average Bonchev–Trinajstić information content (AvgIpc) is 2.82. The lowest BCUT2D eigenvalue weighted by Gasteiger charge is -2.10. The molecule has 124 valence electrons. The molecule has 0 bridgehead atoms. The molecule has 24 heavy (non-hydrogen) atoms. The summed E-state index contributed by atoms with van der Waals surface area (Å²) in [6.07, 6.45) is 1.54. The normalized spacial score (nSPS) is 10.9. The average molecular weight is 460 g/mol. The first kappa shape index (κ1) is 17.0. The molecule has 0 amide bonds. The number of ether oxygens (including phenoxy) is 1. The number of hydrogen-bond acceptors (Lipinski definition) is 4. The highest BCUT2D eigenvalue weighted by Gasteiger charge is 2.22. The van der Waals surface area contributed by atoms with Crippen molar-refractivity contribution in [2.75, 3.05) is 12.4 Å². The summed E-state index contributed by atoms with van der Waals surface area (Å²) in [6, 6.07) is 6.44. The van der Waals surface area contributed by atoms with E-state index in [9.17, 15) is 9.18 Å². The highest BCUT2D eigenvalue weighted by molar-refractivity contribution is 14.1. The Balaban J connectivity index is 2.21. The molecule has 5 nitrogen and oxygen atoms in total. The van der Waals surface area contributed by atoms with Gasteiger partial charge in [-0.3, -0.25) is 4.79 Å². The van der Waals surface area contributed by atoms with Gasteiger partial charge in [-0.1, -0.05) is 0 Å². The van der Waals surface area contributed by atoms with Crippen LogP contribution < -0.4 is 10.1 Å². The Morgan fingerprint density at radius 1 is 1.42 bits per heavy atom. The molecule has 2 heterocycles. The van der Waals surface area contributed by atoms with Gasteiger partial charge >= 0.3 is 0 Å². The molecule has 1 aromatic carbocycles. The molecule has 0 unspecified atom stereocenters. The van der Waals surface area contributed by atoms with Gasteiger partial charge in [0.1, 0.15) is 23.0 Å². The van der Waals surface area contributed by atoms with Gasteiger partial charge in [0.25, 0.3) is 5.24 Å². The Morgan fingerprint density at radius 2 is 2.17 bits per heavy atom. The van der Waals surface area contributed by atoms with Gasteiger partial charge in [-0.25, -0.2) is 9.37 Å². The largest absolute Gasteiger partial charge is 0.495 e. The van der Waals surface area contributed by atoms with Crippen LogP contribution in [0, 0.1) is 9.39 Å². The van der Waals surface area contributed by atoms with E-state index in [0.29, 0.717) is 22.6 Å². The molecule has 0 saturated heterocycles. The number of nitrogens with one attached hydrogen (secondary N) is 1. The van der Waals surface area contributed by atoms with Gasteiger partial charge in [-0.2, -0.15) is 0 Å². The smallest absolute Gasteiger partial charge is 0.256 e. The Hall–Kier alpha value is -1.87. The van der Waals surface area contributed by atoms with E-state index >= 15 is 0 Å². The van der Waals surface area contributed by atoms with Gasteiger partial charge in [-0.15, -0.1) is 0 Å². The highest BCUT2D eigenvalue weighted by Crippen LogP contribution is 2.34. The number of rotatable bonds is 4. The first-order valence-electron chi connectivity index (χ1n) is 6.86. The van der Waals surface area contributed by atoms with Crippen LogP contribution in [0.4, 0.5) is 15.9 Å². The molecule has 3 aromatic rings. The standard InChI is InChI=1S/C16H12ClFIN3O2/c1-22-15-10(6-9(24-2)7-20-15)13(14(17)23)16(22)21-12-4-3-8(19)5-11(12)18/h3-7,21H,1-2H3. The number of hydrogen-bond donors (Lipinski definition) is 1. The second-order valence-electron chi connectivity index (χ2n) is 5.05. The topological polar surface area (TPSA) is 56.1 Å². The summed E-state index contributed by atoms with van der Waals surface area (Å²) in [4.78, 5) is 16.3. The number of aromatic nitrogens is 2. The van der Waals surface area contributed by atoms with Crippen molar-refractivity contribution in [3.8, 4) is 5.75 Å². The molecule has 0 aliphatic heterocycles. The summed E-state index contributed by atoms with van der Waals surface area (Å²) in [6.45, 7) is 0. The molecule has 0 atom stereocenters. The zero-order chi connectivity index (χ0) is 17.4. The molecule has 3 rings (SSSR count). The predicted octanol–water partition coefficient (Wildman–Crippen LogP) is 4.45. The first-order valence-corrected chi connectivity index (χ1v) is 8.32. The van der Waals surface area contributed by atoms with Crippen LogP contribution in [-0.2, 0) is 7.05 Å². The number of nitrogens with zero attached hydrogens (tertiary/aromatic N) is 2.